The highest BCUT2D eigenvalue weighted by Gasteiger charge is 2.30. The number of nitrogens with zero attached hydrogens (tertiary/aromatic N) is 3. The molecule has 3 aliphatic heterocycles. The minimum absolute atomic E-state index is 0.201. The lowest BCUT2D eigenvalue weighted by Crippen LogP contribution is -3.15. The molecule has 4 rings (SSSR count). The summed E-state index contributed by atoms with van der Waals surface area (Å²) in [5.74, 6) is 0.411. The lowest BCUT2D eigenvalue weighted by atomic mass is 9.96. The molecule has 1 aromatic rings. The van der Waals surface area contributed by atoms with Crippen molar-refractivity contribution in [2.75, 3.05) is 70.5 Å². The van der Waals surface area contributed by atoms with Crippen LogP contribution in [0.2, 0.25) is 0 Å². The fourth-order valence-corrected chi connectivity index (χ4v) is 4.63. The smallest absolute Gasteiger partial charge is 0.277 e. The largest absolute Gasteiger partial charge is 0.378 e. The number of anilines is 1. The van der Waals surface area contributed by atoms with Gasteiger partial charge in [-0.1, -0.05) is 18.2 Å². The van der Waals surface area contributed by atoms with Crippen molar-refractivity contribution in [3.8, 4) is 0 Å². The second kappa shape index (κ2) is 9.13. The van der Waals surface area contributed by atoms with Crippen molar-refractivity contribution in [3.05, 3.63) is 29.8 Å². The number of fused-ring (bicyclic) bond motifs is 1. The van der Waals surface area contributed by atoms with Crippen LogP contribution in [-0.2, 0) is 20.7 Å². The van der Waals surface area contributed by atoms with Crippen molar-refractivity contribution in [2.24, 2.45) is 0 Å². The summed E-state index contributed by atoms with van der Waals surface area (Å²) < 4.78 is 5.32. The van der Waals surface area contributed by atoms with Gasteiger partial charge in [-0.2, -0.15) is 0 Å². The van der Waals surface area contributed by atoms with Crippen LogP contribution in [0.25, 0.3) is 0 Å². The zero-order chi connectivity index (χ0) is 20.2. The van der Waals surface area contributed by atoms with Crippen LogP contribution in [0.1, 0.15) is 18.9 Å². The Balaban J connectivity index is 1.28. The van der Waals surface area contributed by atoms with Crippen molar-refractivity contribution in [2.45, 2.75) is 25.8 Å². The van der Waals surface area contributed by atoms with Crippen LogP contribution in [0.15, 0.2) is 24.3 Å². The summed E-state index contributed by atoms with van der Waals surface area (Å²) in [6, 6.07) is 8.83. The van der Waals surface area contributed by atoms with Crippen LogP contribution in [0.5, 0.6) is 0 Å². The molecular weight excluding hydrogens is 368 g/mol. The van der Waals surface area contributed by atoms with Gasteiger partial charge in [-0.15, -0.1) is 0 Å². The topological polar surface area (TPSA) is 57.5 Å². The van der Waals surface area contributed by atoms with Crippen LogP contribution in [-0.4, -0.2) is 93.2 Å². The van der Waals surface area contributed by atoms with Crippen molar-refractivity contribution in [1.82, 2.24) is 9.80 Å². The van der Waals surface area contributed by atoms with E-state index >= 15 is 0 Å². The number of ether oxygens (including phenoxy) is 1. The fourth-order valence-electron chi connectivity index (χ4n) is 4.63. The molecule has 7 nitrogen and oxygen atoms in total. The minimum atomic E-state index is 0.201. The number of rotatable bonds is 4. The van der Waals surface area contributed by atoms with E-state index in [1.165, 1.54) is 16.2 Å². The van der Waals surface area contributed by atoms with Gasteiger partial charge in [-0.3, -0.25) is 9.59 Å². The average molecular weight is 402 g/mol. The van der Waals surface area contributed by atoms with E-state index in [1.54, 1.807) is 0 Å². The molecule has 0 aromatic heterocycles. The van der Waals surface area contributed by atoms with E-state index in [2.05, 4.69) is 36.1 Å². The predicted octanol–water partition coefficient (Wildman–Crippen LogP) is -0.586. The molecule has 1 aromatic carbocycles. The van der Waals surface area contributed by atoms with E-state index < -0.39 is 0 Å². The maximum Gasteiger partial charge on any atom is 0.277 e. The Morgan fingerprint density at radius 1 is 1.03 bits per heavy atom. The average Bonchev–Trinajstić information content (AvgIpc) is 2.77. The number of morpholine rings is 1. The molecule has 2 fully saturated rings. The van der Waals surface area contributed by atoms with E-state index in [0.717, 1.165) is 39.0 Å². The highest BCUT2D eigenvalue weighted by molar-refractivity contribution is 5.82. The lowest BCUT2D eigenvalue weighted by molar-refractivity contribution is -0.896. The number of quaternary nitrogens is 1. The van der Waals surface area contributed by atoms with Crippen LogP contribution < -0.4 is 9.80 Å². The number of nitrogens with one attached hydrogen (secondary N) is 1. The summed E-state index contributed by atoms with van der Waals surface area (Å²) in [7, 11) is 0. The zero-order valence-corrected chi connectivity index (χ0v) is 17.4. The van der Waals surface area contributed by atoms with E-state index in [0.29, 0.717) is 45.4 Å². The number of amides is 2. The Morgan fingerprint density at radius 3 is 2.48 bits per heavy atom. The molecule has 0 spiro atoms. The quantitative estimate of drug-likeness (QED) is 0.733. The predicted molar refractivity (Wildman–Crippen MR) is 111 cm³/mol. The standard InChI is InChI=1S/C22H32N4O3/c1-18-6-7-19-4-2-3-5-20(19)26(18)17-22(28)24-10-8-23(9-11-24)16-21(27)25-12-14-29-15-13-25/h2-5,18H,6-17H2,1H3/p+1/t18-/m0/s1. The van der Waals surface area contributed by atoms with Gasteiger partial charge in [-0.25, -0.2) is 0 Å². The second-order valence-electron chi connectivity index (χ2n) is 8.45. The van der Waals surface area contributed by atoms with Crippen molar-refractivity contribution >= 4 is 17.5 Å². The zero-order valence-electron chi connectivity index (χ0n) is 17.4. The fraction of sp³-hybridized carbons (Fsp3) is 0.636. The van der Waals surface area contributed by atoms with E-state index in [1.807, 2.05) is 9.80 Å². The molecule has 0 unspecified atom stereocenters. The van der Waals surface area contributed by atoms with E-state index in [4.69, 9.17) is 4.74 Å². The first-order chi connectivity index (χ1) is 14.1. The Morgan fingerprint density at radius 2 is 1.72 bits per heavy atom. The van der Waals surface area contributed by atoms with Crippen LogP contribution >= 0.6 is 0 Å². The number of para-hydroxylation sites is 1. The number of aryl methyl sites for hydroxylation is 1. The maximum atomic E-state index is 13.0. The Bertz CT molecular complexity index is 727. The minimum Gasteiger partial charge on any atom is -0.378 e. The Labute approximate surface area is 173 Å². The lowest BCUT2D eigenvalue weighted by Gasteiger charge is -2.39. The van der Waals surface area contributed by atoms with Gasteiger partial charge < -0.3 is 24.3 Å². The highest BCUT2D eigenvalue weighted by Crippen LogP contribution is 2.30. The van der Waals surface area contributed by atoms with Gasteiger partial charge in [0.15, 0.2) is 6.54 Å². The molecule has 0 radical (unpaired) electrons. The number of carbonyl (C=O) groups is 2. The summed E-state index contributed by atoms with van der Waals surface area (Å²) >= 11 is 0. The molecule has 1 atom stereocenters. The van der Waals surface area contributed by atoms with Crippen molar-refractivity contribution < 1.29 is 19.2 Å². The first-order valence-corrected chi connectivity index (χ1v) is 10.9. The van der Waals surface area contributed by atoms with Gasteiger partial charge in [0.25, 0.3) is 5.91 Å². The number of benzene rings is 1. The summed E-state index contributed by atoms with van der Waals surface area (Å²) in [5.41, 5.74) is 2.55. The molecule has 0 aliphatic carbocycles. The van der Waals surface area contributed by atoms with Gasteiger partial charge in [0.05, 0.1) is 45.9 Å². The van der Waals surface area contributed by atoms with Crippen LogP contribution in [0.3, 0.4) is 0 Å². The van der Waals surface area contributed by atoms with Gasteiger partial charge in [0.1, 0.15) is 0 Å². The van der Waals surface area contributed by atoms with Gasteiger partial charge in [-0.05, 0) is 31.4 Å². The summed E-state index contributed by atoms with van der Waals surface area (Å²) in [4.78, 5) is 32.9. The van der Waals surface area contributed by atoms with Crippen LogP contribution in [0.4, 0.5) is 5.69 Å². The third-order valence-corrected chi connectivity index (χ3v) is 6.56. The summed E-state index contributed by atoms with van der Waals surface area (Å²) in [6.45, 7) is 9.01. The van der Waals surface area contributed by atoms with Gasteiger partial charge >= 0.3 is 0 Å². The summed E-state index contributed by atoms with van der Waals surface area (Å²) in [5, 5.41) is 0. The monoisotopic (exact) mass is 401 g/mol. The molecule has 7 heteroatoms. The number of hydrogen-bond acceptors (Lipinski definition) is 4. The highest BCUT2D eigenvalue weighted by atomic mass is 16.5. The number of hydrogen-bond donors (Lipinski definition) is 1. The van der Waals surface area contributed by atoms with Crippen LogP contribution in [0, 0.1) is 0 Å². The van der Waals surface area contributed by atoms with Crippen molar-refractivity contribution in [3.63, 3.8) is 0 Å². The number of carbonyl (C=O) groups excluding carboxylic acids is 2. The molecule has 29 heavy (non-hydrogen) atoms. The molecule has 3 heterocycles. The van der Waals surface area contributed by atoms with Gasteiger partial charge in [0, 0.05) is 24.8 Å². The number of piperazine rings is 1. The first kappa shape index (κ1) is 20.2. The van der Waals surface area contributed by atoms with Crippen molar-refractivity contribution in [1.29, 1.82) is 0 Å². The molecule has 0 saturated carbocycles. The van der Waals surface area contributed by atoms with E-state index in [9.17, 15) is 9.59 Å². The third kappa shape index (κ3) is 4.73. The molecule has 2 saturated heterocycles. The Kier molecular flexibility index (Phi) is 6.35. The molecule has 0 bridgehead atoms. The maximum absolute atomic E-state index is 13.0. The first-order valence-electron chi connectivity index (χ1n) is 10.9. The SMILES string of the molecule is C[C@H]1CCc2ccccc2N1CC(=O)N1CC[NH+](CC(=O)N2CCOCC2)CC1. The Hall–Kier alpha value is -2.12. The molecule has 1 N–H and O–H groups in total. The van der Waals surface area contributed by atoms with Gasteiger partial charge in [0.2, 0.25) is 5.91 Å². The second-order valence-corrected chi connectivity index (χ2v) is 8.45. The molecular formula is C22H33N4O3+. The third-order valence-electron chi connectivity index (χ3n) is 6.56. The molecule has 2 amide bonds. The van der Waals surface area contributed by atoms with E-state index in [-0.39, 0.29) is 11.8 Å². The molecule has 3 aliphatic rings. The molecule has 158 valence electrons. The summed E-state index contributed by atoms with van der Waals surface area (Å²) in [6.07, 6.45) is 2.17. The normalized spacial score (nSPS) is 23.1.